The first-order chi connectivity index (χ1) is 8.62. The number of nitrogens with one attached hydrogen (secondary N) is 1. The van der Waals surface area contributed by atoms with Gasteiger partial charge in [0.2, 0.25) is 0 Å². The van der Waals surface area contributed by atoms with Gasteiger partial charge >= 0.3 is 0 Å². The van der Waals surface area contributed by atoms with Gasteiger partial charge in [-0.2, -0.15) is 0 Å². The molecule has 0 radical (unpaired) electrons. The fourth-order valence-electron chi connectivity index (χ4n) is 2.07. The summed E-state index contributed by atoms with van der Waals surface area (Å²) >= 11 is 5.89. The number of halogens is 1. The molecule has 98 valence electrons. The summed E-state index contributed by atoms with van der Waals surface area (Å²) in [5, 5.41) is 12.8. The molecule has 0 aromatic heterocycles. The fourth-order valence-corrected chi connectivity index (χ4v) is 2.41. The summed E-state index contributed by atoms with van der Waals surface area (Å²) in [6, 6.07) is 4.84. The van der Waals surface area contributed by atoms with Crippen LogP contribution in [0.15, 0.2) is 18.2 Å². The van der Waals surface area contributed by atoms with E-state index in [-0.39, 0.29) is 28.5 Å². The number of phenols is 1. The monoisotopic (exact) mass is 269 g/mol. The number of carbonyl (C=O) groups is 1. The first kappa shape index (κ1) is 13.0. The normalized spacial score (nSPS) is 16.8. The van der Waals surface area contributed by atoms with Crippen LogP contribution < -0.4 is 10.1 Å². The summed E-state index contributed by atoms with van der Waals surface area (Å²) < 4.78 is 4.98. The largest absolute Gasteiger partial charge is 0.504 e. The van der Waals surface area contributed by atoms with Crippen molar-refractivity contribution in [3.05, 3.63) is 23.8 Å². The lowest BCUT2D eigenvalue weighted by Gasteiger charge is -2.41. The highest BCUT2D eigenvalue weighted by Gasteiger charge is 2.38. The lowest BCUT2D eigenvalue weighted by atomic mass is 9.78. The maximum absolute atomic E-state index is 12.1. The van der Waals surface area contributed by atoms with Gasteiger partial charge in [-0.3, -0.25) is 4.79 Å². The van der Waals surface area contributed by atoms with Crippen LogP contribution in [0.3, 0.4) is 0 Å². The van der Waals surface area contributed by atoms with Gasteiger partial charge in [-0.25, -0.2) is 0 Å². The molecule has 1 aromatic carbocycles. The third-order valence-electron chi connectivity index (χ3n) is 3.41. The molecule has 0 saturated heterocycles. The van der Waals surface area contributed by atoms with Crippen molar-refractivity contribution in [3.63, 3.8) is 0 Å². The van der Waals surface area contributed by atoms with Crippen LogP contribution in [0.4, 0.5) is 0 Å². The van der Waals surface area contributed by atoms with E-state index in [1.165, 1.54) is 7.11 Å². The van der Waals surface area contributed by atoms with Crippen molar-refractivity contribution in [1.29, 1.82) is 0 Å². The van der Waals surface area contributed by atoms with Gasteiger partial charge in [0, 0.05) is 5.88 Å². The Hall–Kier alpha value is -1.42. The van der Waals surface area contributed by atoms with E-state index >= 15 is 0 Å². The zero-order valence-electron chi connectivity index (χ0n) is 10.2. The summed E-state index contributed by atoms with van der Waals surface area (Å²) in [7, 11) is 1.45. The van der Waals surface area contributed by atoms with Crippen molar-refractivity contribution in [2.24, 2.45) is 0 Å². The number of amides is 1. The van der Waals surface area contributed by atoms with E-state index in [2.05, 4.69) is 5.32 Å². The number of aromatic hydroxyl groups is 1. The summed E-state index contributed by atoms with van der Waals surface area (Å²) in [5.41, 5.74) is -0.0977. The molecule has 0 atom stereocenters. The Balaban J connectivity index is 2.19. The molecule has 2 rings (SSSR count). The third kappa shape index (κ3) is 2.25. The smallest absolute Gasteiger partial charge is 0.255 e. The van der Waals surface area contributed by atoms with Crippen LogP contribution in [0, 0.1) is 0 Å². The number of methoxy groups -OCH3 is 1. The van der Waals surface area contributed by atoms with Crippen LogP contribution in [0.1, 0.15) is 29.6 Å². The van der Waals surface area contributed by atoms with Gasteiger partial charge in [-0.1, -0.05) is 6.07 Å². The minimum absolute atomic E-state index is 0.137. The molecular weight excluding hydrogens is 254 g/mol. The van der Waals surface area contributed by atoms with Crippen molar-refractivity contribution in [3.8, 4) is 11.5 Å². The van der Waals surface area contributed by atoms with Gasteiger partial charge in [-0.15, -0.1) is 11.6 Å². The molecule has 1 aliphatic rings. The molecule has 2 N–H and O–H groups in total. The molecule has 4 nitrogen and oxygen atoms in total. The number of rotatable bonds is 4. The molecule has 1 fully saturated rings. The zero-order chi connectivity index (χ0) is 13.2. The second-order valence-corrected chi connectivity index (χ2v) is 4.85. The average Bonchev–Trinajstić information content (AvgIpc) is 2.34. The first-order valence-electron chi connectivity index (χ1n) is 5.86. The molecule has 1 aromatic rings. The van der Waals surface area contributed by atoms with Crippen LogP contribution in [0.25, 0.3) is 0 Å². The van der Waals surface area contributed by atoms with Crippen molar-refractivity contribution < 1.29 is 14.6 Å². The van der Waals surface area contributed by atoms with Crippen LogP contribution in [0.2, 0.25) is 0 Å². The number of hydrogen-bond acceptors (Lipinski definition) is 3. The van der Waals surface area contributed by atoms with E-state index < -0.39 is 0 Å². The van der Waals surface area contributed by atoms with Crippen LogP contribution in [-0.2, 0) is 0 Å². The Bertz CT molecular complexity index is 452. The van der Waals surface area contributed by atoms with Crippen LogP contribution in [-0.4, -0.2) is 29.5 Å². The van der Waals surface area contributed by atoms with E-state index in [0.29, 0.717) is 5.88 Å². The standard InChI is InChI=1S/C13H16ClNO3/c1-18-10-5-2-4-9(11(10)16)12(17)15-13(8-14)6-3-7-13/h2,4-5,16H,3,6-8H2,1H3,(H,15,17). The highest BCUT2D eigenvalue weighted by Crippen LogP contribution is 2.35. The molecule has 0 aliphatic heterocycles. The average molecular weight is 270 g/mol. The molecule has 0 bridgehead atoms. The SMILES string of the molecule is COc1cccc(C(=O)NC2(CCl)CCC2)c1O. The maximum Gasteiger partial charge on any atom is 0.255 e. The van der Waals surface area contributed by atoms with E-state index in [1.54, 1.807) is 18.2 Å². The predicted molar refractivity (Wildman–Crippen MR) is 69.4 cm³/mol. The number of alkyl halides is 1. The summed E-state index contributed by atoms with van der Waals surface area (Å²) in [5.74, 6) is 0.230. The van der Waals surface area contributed by atoms with Gasteiger partial charge in [0.1, 0.15) is 0 Å². The lowest BCUT2D eigenvalue weighted by molar-refractivity contribution is 0.0850. The number of ether oxygens (including phenoxy) is 1. The topological polar surface area (TPSA) is 58.6 Å². The predicted octanol–water partition coefficient (Wildman–Crippen LogP) is 2.29. The van der Waals surface area contributed by atoms with Crippen molar-refractivity contribution in [2.45, 2.75) is 24.8 Å². The summed E-state index contributed by atoms with van der Waals surface area (Å²) in [6.45, 7) is 0. The molecule has 0 heterocycles. The molecule has 1 aliphatic carbocycles. The summed E-state index contributed by atoms with van der Waals surface area (Å²) in [6.07, 6.45) is 2.83. The van der Waals surface area contributed by atoms with E-state index in [9.17, 15) is 9.90 Å². The fraction of sp³-hybridized carbons (Fsp3) is 0.462. The Morgan fingerprint density at radius 1 is 1.56 bits per heavy atom. The van der Waals surface area contributed by atoms with Gasteiger partial charge in [-0.05, 0) is 31.4 Å². The Labute approximate surface area is 111 Å². The van der Waals surface area contributed by atoms with Crippen molar-refractivity contribution in [1.82, 2.24) is 5.32 Å². The van der Waals surface area contributed by atoms with Gasteiger partial charge < -0.3 is 15.2 Å². The number of hydrogen-bond donors (Lipinski definition) is 2. The van der Waals surface area contributed by atoms with Gasteiger partial charge in [0.25, 0.3) is 5.91 Å². The number of benzene rings is 1. The molecular formula is C13H16ClNO3. The zero-order valence-corrected chi connectivity index (χ0v) is 11.0. The number of phenolic OH excluding ortho intramolecular Hbond substituents is 1. The molecule has 18 heavy (non-hydrogen) atoms. The van der Waals surface area contributed by atoms with Crippen LogP contribution in [0.5, 0.6) is 11.5 Å². The molecule has 1 amide bonds. The van der Waals surface area contributed by atoms with Crippen LogP contribution >= 0.6 is 11.6 Å². The van der Waals surface area contributed by atoms with E-state index in [1.807, 2.05) is 0 Å². The Morgan fingerprint density at radius 3 is 2.78 bits per heavy atom. The Kier molecular flexibility index (Phi) is 3.66. The molecule has 5 heteroatoms. The molecule has 0 spiro atoms. The summed E-state index contributed by atoms with van der Waals surface area (Å²) in [4.78, 5) is 12.1. The highest BCUT2D eigenvalue weighted by molar-refractivity contribution is 6.19. The first-order valence-corrected chi connectivity index (χ1v) is 6.40. The third-order valence-corrected chi connectivity index (χ3v) is 3.92. The quantitative estimate of drug-likeness (QED) is 0.825. The second kappa shape index (κ2) is 5.06. The van der Waals surface area contributed by atoms with Gasteiger partial charge in [0.15, 0.2) is 11.5 Å². The van der Waals surface area contributed by atoms with Crippen molar-refractivity contribution >= 4 is 17.5 Å². The number of carbonyl (C=O) groups excluding carboxylic acids is 1. The minimum atomic E-state index is -0.313. The van der Waals surface area contributed by atoms with Gasteiger partial charge in [0.05, 0.1) is 18.2 Å². The minimum Gasteiger partial charge on any atom is -0.504 e. The van der Waals surface area contributed by atoms with Crippen molar-refractivity contribution in [2.75, 3.05) is 13.0 Å². The maximum atomic E-state index is 12.1. The molecule has 1 saturated carbocycles. The Morgan fingerprint density at radius 2 is 2.28 bits per heavy atom. The lowest BCUT2D eigenvalue weighted by Crippen LogP contribution is -2.55. The number of para-hydroxylation sites is 1. The molecule has 0 unspecified atom stereocenters. The highest BCUT2D eigenvalue weighted by atomic mass is 35.5. The second-order valence-electron chi connectivity index (χ2n) is 4.58. The van der Waals surface area contributed by atoms with E-state index in [4.69, 9.17) is 16.3 Å². The van der Waals surface area contributed by atoms with E-state index in [0.717, 1.165) is 19.3 Å².